The number of fused-ring (bicyclic) bond motifs is 1. The molecular weight excluding hydrogens is 326 g/mol. The SMILES string of the molecule is COc1cc2c(cc1OC)C(=O)/C(=C/c1ccc(O)c([N+](=O)[O-])c1)C2. The number of Topliss-reactive ketones (excluding diaryl/α,β-unsaturated/α-hetero) is 1. The van der Waals surface area contributed by atoms with Gasteiger partial charge < -0.3 is 14.6 Å². The predicted octanol–water partition coefficient (Wildman–Crippen LogP) is 3.14. The molecule has 7 nitrogen and oxygen atoms in total. The van der Waals surface area contributed by atoms with E-state index in [1.165, 1.54) is 32.4 Å². The van der Waals surface area contributed by atoms with E-state index in [-0.39, 0.29) is 5.78 Å². The Morgan fingerprint density at radius 1 is 1.16 bits per heavy atom. The summed E-state index contributed by atoms with van der Waals surface area (Å²) in [7, 11) is 3.02. The number of phenolic OH excluding ortho intramolecular Hbond substituents is 1. The second-order valence-electron chi connectivity index (χ2n) is 5.55. The van der Waals surface area contributed by atoms with Crippen molar-refractivity contribution in [2.24, 2.45) is 0 Å². The monoisotopic (exact) mass is 341 g/mol. The summed E-state index contributed by atoms with van der Waals surface area (Å²) in [5.41, 5.74) is 1.91. The minimum atomic E-state index is -0.668. The molecule has 2 aromatic carbocycles. The zero-order valence-electron chi connectivity index (χ0n) is 13.6. The summed E-state index contributed by atoms with van der Waals surface area (Å²) in [5, 5.41) is 20.4. The highest BCUT2D eigenvalue weighted by Crippen LogP contribution is 2.37. The van der Waals surface area contributed by atoms with Gasteiger partial charge in [0, 0.05) is 23.6 Å². The molecule has 0 radical (unpaired) electrons. The molecule has 0 unspecified atom stereocenters. The van der Waals surface area contributed by atoms with Gasteiger partial charge in [0.05, 0.1) is 19.1 Å². The molecule has 128 valence electrons. The first-order valence-corrected chi connectivity index (χ1v) is 7.42. The van der Waals surface area contributed by atoms with E-state index in [1.807, 2.05) is 0 Å². The van der Waals surface area contributed by atoms with Crippen LogP contribution in [0.5, 0.6) is 17.2 Å². The Morgan fingerprint density at radius 3 is 2.48 bits per heavy atom. The number of hydrogen-bond acceptors (Lipinski definition) is 6. The van der Waals surface area contributed by atoms with E-state index >= 15 is 0 Å². The third-order valence-corrected chi connectivity index (χ3v) is 4.06. The number of nitrogens with zero attached hydrogens (tertiary/aromatic N) is 1. The number of allylic oxidation sites excluding steroid dienone is 1. The highest BCUT2D eigenvalue weighted by molar-refractivity contribution is 6.16. The van der Waals surface area contributed by atoms with E-state index in [9.17, 15) is 20.0 Å². The van der Waals surface area contributed by atoms with Gasteiger partial charge in [0.25, 0.3) is 0 Å². The second-order valence-corrected chi connectivity index (χ2v) is 5.55. The van der Waals surface area contributed by atoms with Crippen LogP contribution < -0.4 is 9.47 Å². The Kier molecular flexibility index (Phi) is 4.14. The van der Waals surface area contributed by atoms with Crippen LogP contribution in [-0.4, -0.2) is 30.0 Å². The van der Waals surface area contributed by atoms with Crippen molar-refractivity contribution in [1.29, 1.82) is 0 Å². The predicted molar refractivity (Wildman–Crippen MR) is 90.3 cm³/mol. The van der Waals surface area contributed by atoms with Crippen LogP contribution in [0.3, 0.4) is 0 Å². The van der Waals surface area contributed by atoms with Crippen molar-refractivity contribution >= 4 is 17.5 Å². The van der Waals surface area contributed by atoms with Crippen molar-refractivity contribution in [3.8, 4) is 17.2 Å². The first-order chi connectivity index (χ1) is 11.9. The molecule has 0 spiro atoms. The van der Waals surface area contributed by atoms with Gasteiger partial charge >= 0.3 is 5.69 Å². The molecule has 0 saturated carbocycles. The minimum absolute atomic E-state index is 0.160. The maximum atomic E-state index is 12.6. The first kappa shape index (κ1) is 16.5. The molecule has 2 aromatic rings. The number of ketones is 1. The summed E-state index contributed by atoms with van der Waals surface area (Å²) < 4.78 is 10.5. The lowest BCUT2D eigenvalue weighted by Gasteiger charge is -2.08. The summed E-state index contributed by atoms with van der Waals surface area (Å²) in [6, 6.07) is 7.39. The van der Waals surface area contributed by atoms with E-state index in [2.05, 4.69) is 0 Å². The molecule has 0 atom stereocenters. The standard InChI is InChI=1S/C18H15NO6/c1-24-16-8-11-7-12(18(21)13(11)9-17(16)25-2)5-10-3-4-15(20)14(6-10)19(22)23/h3-6,8-9,20H,7H2,1-2H3/b12-5+. The number of benzene rings is 2. The van der Waals surface area contributed by atoms with Crippen molar-refractivity contribution in [1.82, 2.24) is 0 Å². The Balaban J connectivity index is 2.00. The number of carbonyl (C=O) groups excluding carboxylic acids is 1. The minimum Gasteiger partial charge on any atom is -0.502 e. The van der Waals surface area contributed by atoms with E-state index in [1.54, 1.807) is 18.2 Å². The summed E-state index contributed by atoms with van der Waals surface area (Å²) in [6.45, 7) is 0. The summed E-state index contributed by atoms with van der Waals surface area (Å²) in [6.07, 6.45) is 1.98. The van der Waals surface area contributed by atoms with Crippen LogP contribution >= 0.6 is 0 Å². The van der Waals surface area contributed by atoms with Crippen LogP contribution in [0.4, 0.5) is 5.69 Å². The fraction of sp³-hybridized carbons (Fsp3) is 0.167. The molecule has 1 aliphatic carbocycles. The van der Waals surface area contributed by atoms with Crippen LogP contribution in [0.1, 0.15) is 21.5 Å². The molecule has 1 N–H and O–H groups in total. The fourth-order valence-electron chi connectivity index (χ4n) is 2.83. The molecule has 0 aromatic heterocycles. The maximum Gasteiger partial charge on any atom is 0.311 e. The van der Waals surface area contributed by atoms with Gasteiger partial charge in [0.1, 0.15) is 0 Å². The molecule has 0 bridgehead atoms. The second kappa shape index (κ2) is 6.27. The number of phenols is 1. The number of ether oxygens (including phenoxy) is 2. The maximum absolute atomic E-state index is 12.6. The normalized spacial score (nSPS) is 14.5. The number of aromatic hydroxyl groups is 1. The van der Waals surface area contributed by atoms with Gasteiger partial charge in [0.15, 0.2) is 23.0 Å². The van der Waals surface area contributed by atoms with Crippen LogP contribution in [0.25, 0.3) is 6.08 Å². The van der Waals surface area contributed by atoms with Gasteiger partial charge in [-0.15, -0.1) is 0 Å². The Labute approximate surface area is 143 Å². The number of hydrogen-bond donors (Lipinski definition) is 1. The van der Waals surface area contributed by atoms with Crippen molar-refractivity contribution in [3.63, 3.8) is 0 Å². The topological polar surface area (TPSA) is 98.9 Å². The molecular formula is C18H15NO6. The van der Waals surface area contributed by atoms with Gasteiger partial charge in [-0.3, -0.25) is 14.9 Å². The van der Waals surface area contributed by atoms with E-state index in [0.717, 1.165) is 5.56 Å². The zero-order chi connectivity index (χ0) is 18.1. The molecule has 0 fully saturated rings. The van der Waals surface area contributed by atoms with Crippen molar-refractivity contribution in [2.45, 2.75) is 6.42 Å². The molecule has 0 aliphatic heterocycles. The quantitative estimate of drug-likeness (QED) is 0.521. The van der Waals surface area contributed by atoms with Crippen molar-refractivity contribution in [2.75, 3.05) is 14.2 Å². The summed E-state index contributed by atoms with van der Waals surface area (Å²) in [4.78, 5) is 22.9. The van der Waals surface area contributed by atoms with Crippen molar-refractivity contribution in [3.05, 3.63) is 62.7 Å². The lowest BCUT2D eigenvalue weighted by molar-refractivity contribution is -0.385. The zero-order valence-corrected chi connectivity index (χ0v) is 13.6. The molecule has 25 heavy (non-hydrogen) atoms. The van der Waals surface area contributed by atoms with Gasteiger partial charge in [-0.1, -0.05) is 6.07 Å². The molecule has 0 heterocycles. The van der Waals surface area contributed by atoms with Crippen LogP contribution in [-0.2, 0) is 6.42 Å². The third-order valence-electron chi connectivity index (χ3n) is 4.06. The first-order valence-electron chi connectivity index (χ1n) is 7.42. The molecule has 0 amide bonds. The van der Waals surface area contributed by atoms with Crippen LogP contribution in [0.2, 0.25) is 0 Å². The van der Waals surface area contributed by atoms with Gasteiger partial charge in [0.2, 0.25) is 0 Å². The third kappa shape index (κ3) is 2.91. The number of rotatable bonds is 4. The highest BCUT2D eigenvalue weighted by atomic mass is 16.6. The van der Waals surface area contributed by atoms with Gasteiger partial charge in [-0.2, -0.15) is 0 Å². The fourth-order valence-corrected chi connectivity index (χ4v) is 2.83. The lowest BCUT2D eigenvalue weighted by Crippen LogP contribution is -1.97. The number of carbonyl (C=O) groups is 1. The van der Waals surface area contributed by atoms with Gasteiger partial charge in [-0.25, -0.2) is 0 Å². The van der Waals surface area contributed by atoms with E-state index in [4.69, 9.17) is 9.47 Å². The summed E-state index contributed by atoms with van der Waals surface area (Å²) >= 11 is 0. The lowest BCUT2D eigenvalue weighted by atomic mass is 10.1. The molecule has 1 aliphatic rings. The van der Waals surface area contributed by atoms with E-state index < -0.39 is 16.4 Å². The van der Waals surface area contributed by atoms with Crippen LogP contribution in [0.15, 0.2) is 35.9 Å². The molecule has 7 heteroatoms. The number of nitro groups is 1. The molecule has 3 rings (SSSR count). The highest BCUT2D eigenvalue weighted by Gasteiger charge is 2.27. The summed E-state index contributed by atoms with van der Waals surface area (Å²) in [5.74, 6) is 0.432. The number of methoxy groups -OCH3 is 2. The Bertz CT molecular complexity index is 916. The van der Waals surface area contributed by atoms with Crippen LogP contribution in [0, 0.1) is 10.1 Å². The Hall–Kier alpha value is -3.35. The molecule has 0 saturated heterocycles. The average molecular weight is 341 g/mol. The van der Waals surface area contributed by atoms with Crippen molar-refractivity contribution < 1.29 is 24.3 Å². The smallest absolute Gasteiger partial charge is 0.311 e. The number of nitro benzene ring substituents is 1. The van der Waals surface area contributed by atoms with Gasteiger partial charge in [-0.05, 0) is 35.4 Å². The Morgan fingerprint density at radius 2 is 1.84 bits per heavy atom. The van der Waals surface area contributed by atoms with E-state index in [0.29, 0.717) is 34.6 Å². The average Bonchev–Trinajstić information content (AvgIpc) is 2.90. The largest absolute Gasteiger partial charge is 0.502 e.